The molecular weight excluding hydrogens is 330 g/mol. The highest BCUT2D eigenvalue weighted by molar-refractivity contribution is 6.31. The van der Waals surface area contributed by atoms with Crippen molar-refractivity contribution >= 4 is 23.2 Å². The summed E-state index contributed by atoms with van der Waals surface area (Å²) in [5.74, 6) is -0.275. The molecule has 0 saturated heterocycles. The molecule has 0 spiro atoms. The molecule has 2 rings (SSSR count). The van der Waals surface area contributed by atoms with E-state index in [1.165, 1.54) is 24.3 Å². The molecule has 2 N–H and O–H groups in total. The Balaban J connectivity index is 2.08. The van der Waals surface area contributed by atoms with Crippen LogP contribution in [0.2, 0.25) is 5.02 Å². The zero-order valence-electron chi connectivity index (χ0n) is 13.5. The molecule has 0 aliphatic heterocycles. The lowest BCUT2D eigenvalue weighted by Crippen LogP contribution is -3.07. The zero-order valence-corrected chi connectivity index (χ0v) is 14.2. The molecule has 7 heteroatoms. The number of halogens is 1. The number of nitro groups is 1. The van der Waals surface area contributed by atoms with Crippen LogP contribution in [0.25, 0.3) is 0 Å². The van der Waals surface area contributed by atoms with Crippen LogP contribution in [0.3, 0.4) is 0 Å². The number of hydrogen-bond donors (Lipinski definition) is 2. The van der Waals surface area contributed by atoms with Gasteiger partial charge in [-0.3, -0.25) is 14.9 Å². The highest BCUT2D eigenvalue weighted by Crippen LogP contribution is 2.20. The van der Waals surface area contributed by atoms with Crippen LogP contribution < -0.4 is 10.2 Å². The summed E-state index contributed by atoms with van der Waals surface area (Å²) < 4.78 is 0. The molecule has 0 saturated carbocycles. The SMILES string of the molecule is C[NH+](C)[C@H](CNC(=O)c1ccc([N+](=O)[O-])cc1)c1ccccc1Cl. The van der Waals surface area contributed by atoms with Gasteiger partial charge in [-0.1, -0.05) is 29.8 Å². The van der Waals surface area contributed by atoms with Crippen molar-refractivity contribution < 1.29 is 14.6 Å². The smallest absolute Gasteiger partial charge is 0.269 e. The van der Waals surface area contributed by atoms with Crippen molar-refractivity contribution in [2.75, 3.05) is 20.6 Å². The van der Waals surface area contributed by atoms with Crippen LogP contribution in [-0.2, 0) is 0 Å². The number of hydrogen-bond acceptors (Lipinski definition) is 3. The molecule has 0 aliphatic rings. The number of carbonyl (C=O) groups excluding carboxylic acids is 1. The van der Waals surface area contributed by atoms with E-state index in [-0.39, 0.29) is 17.6 Å². The molecule has 2 aromatic carbocycles. The maximum atomic E-state index is 12.2. The van der Waals surface area contributed by atoms with Crippen LogP contribution >= 0.6 is 11.6 Å². The quantitative estimate of drug-likeness (QED) is 0.618. The first-order valence-electron chi connectivity index (χ1n) is 7.47. The lowest BCUT2D eigenvalue weighted by molar-refractivity contribution is -0.890. The van der Waals surface area contributed by atoms with Crippen molar-refractivity contribution in [1.82, 2.24) is 5.32 Å². The summed E-state index contributed by atoms with van der Waals surface area (Å²) >= 11 is 6.25. The maximum Gasteiger partial charge on any atom is 0.269 e. The minimum Gasteiger partial charge on any atom is -0.346 e. The second kappa shape index (κ2) is 7.90. The van der Waals surface area contributed by atoms with E-state index in [1.54, 1.807) is 0 Å². The van der Waals surface area contributed by atoms with E-state index in [1.807, 2.05) is 38.4 Å². The average Bonchev–Trinajstić information content (AvgIpc) is 2.56. The maximum absolute atomic E-state index is 12.2. The number of benzene rings is 2. The summed E-state index contributed by atoms with van der Waals surface area (Å²) in [5.41, 5.74) is 1.30. The van der Waals surface area contributed by atoms with Crippen molar-refractivity contribution in [2.24, 2.45) is 0 Å². The van der Waals surface area contributed by atoms with E-state index in [2.05, 4.69) is 5.32 Å². The molecule has 0 unspecified atom stereocenters. The van der Waals surface area contributed by atoms with Gasteiger partial charge in [-0.05, 0) is 18.2 Å². The minimum atomic E-state index is -0.496. The highest BCUT2D eigenvalue weighted by Gasteiger charge is 2.21. The lowest BCUT2D eigenvalue weighted by Gasteiger charge is -2.23. The van der Waals surface area contributed by atoms with Crippen molar-refractivity contribution in [1.29, 1.82) is 0 Å². The van der Waals surface area contributed by atoms with Gasteiger partial charge in [0, 0.05) is 28.3 Å². The third-order valence-corrected chi connectivity index (χ3v) is 4.13. The number of nitrogens with zero attached hydrogens (tertiary/aromatic N) is 1. The van der Waals surface area contributed by atoms with E-state index in [0.29, 0.717) is 17.1 Å². The zero-order chi connectivity index (χ0) is 17.7. The normalized spacial score (nSPS) is 12.0. The first kappa shape index (κ1) is 17.9. The van der Waals surface area contributed by atoms with Gasteiger partial charge in [0.2, 0.25) is 0 Å². The third kappa shape index (κ3) is 4.31. The fraction of sp³-hybridized carbons (Fsp3) is 0.235. The van der Waals surface area contributed by atoms with Crippen molar-refractivity contribution in [3.05, 3.63) is 74.8 Å². The van der Waals surface area contributed by atoms with E-state index >= 15 is 0 Å². The van der Waals surface area contributed by atoms with E-state index < -0.39 is 4.92 Å². The number of nitrogens with one attached hydrogen (secondary N) is 2. The fourth-order valence-electron chi connectivity index (χ4n) is 2.41. The predicted octanol–water partition coefficient (Wildman–Crippen LogP) is 1.86. The van der Waals surface area contributed by atoms with Gasteiger partial charge in [0.05, 0.1) is 25.6 Å². The molecule has 6 nitrogen and oxygen atoms in total. The molecule has 0 fully saturated rings. The average molecular weight is 349 g/mol. The molecule has 1 amide bonds. The van der Waals surface area contributed by atoms with Crippen molar-refractivity contribution in [3.8, 4) is 0 Å². The Morgan fingerprint density at radius 2 is 1.83 bits per heavy atom. The first-order chi connectivity index (χ1) is 11.4. The summed E-state index contributed by atoms with van der Waals surface area (Å²) in [6.45, 7) is 0.405. The van der Waals surface area contributed by atoms with Gasteiger partial charge < -0.3 is 10.2 Å². The van der Waals surface area contributed by atoms with Gasteiger partial charge in [0.15, 0.2) is 0 Å². The molecule has 0 aromatic heterocycles. The van der Waals surface area contributed by atoms with Crippen LogP contribution in [0, 0.1) is 10.1 Å². The van der Waals surface area contributed by atoms with Gasteiger partial charge in [-0.2, -0.15) is 0 Å². The Morgan fingerprint density at radius 1 is 1.21 bits per heavy atom. The Bertz CT molecular complexity index is 732. The number of non-ortho nitro benzene ring substituents is 1. The van der Waals surface area contributed by atoms with E-state index in [0.717, 1.165) is 10.5 Å². The predicted molar refractivity (Wildman–Crippen MR) is 92.4 cm³/mol. The lowest BCUT2D eigenvalue weighted by atomic mass is 10.1. The first-order valence-corrected chi connectivity index (χ1v) is 7.85. The molecule has 24 heavy (non-hydrogen) atoms. The summed E-state index contributed by atoms with van der Waals surface area (Å²) in [6, 6.07) is 13.1. The van der Waals surface area contributed by atoms with Crippen LogP contribution in [0.15, 0.2) is 48.5 Å². The van der Waals surface area contributed by atoms with Crippen LogP contribution in [0.1, 0.15) is 22.0 Å². The summed E-state index contributed by atoms with van der Waals surface area (Å²) in [7, 11) is 3.98. The molecule has 126 valence electrons. The van der Waals surface area contributed by atoms with Crippen LogP contribution in [-0.4, -0.2) is 31.5 Å². The van der Waals surface area contributed by atoms with Crippen molar-refractivity contribution in [2.45, 2.75) is 6.04 Å². The third-order valence-electron chi connectivity index (χ3n) is 3.78. The molecule has 0 radical (unpaired) electrons. The Kier molecular flexibility index (Phi) is 5.89. The van der Waals surface area contributed by atoms with Gasteiger partial charge in [-0.15, -0.1) is 0 Å². The molecule has 0 bridgehead atoms. The van der Waals surface area contributed by atoms with Gasteiger partial charge in [0.25, 0.3) is 11.6 Å². The van der Waals surface area contributed by atoms with Crippen molar-refractivity contribution in [3.63, 3.8) is 0 Å². The number of carbonyl (C=O) groups is 1. The second-order valence-corrected chi connectivity index (χ2v) is 6.07. The Morgan fingerprint density at radius 3 is 2.38 bits per heavy atom. The van der Waals surface area contributed by atoms with Gasteiger partial charge in [-0.25, -0.2) is 0 Å². The molecule has 0 heterocycles. The van der Waals surface area contributed by atoms with Gasteiger partial charge in [0.1, 0.15) is 6.04 Å². The Labute approximate surface area is 145 Å². The topological polar surface area (TPSA) is 76.7 Å². The molecule has 2 aromatic rings. The standard InChI is InChI=1S/C17H18ClN3O3/c1-20(2)16(14-5-3-4-6-15(14)18)11-19-17(22)12-7-9-13(10-8-12)21(23)24/h3-10,16H,11H2,1-2H3,(H,19,22)/p+1/t16-/m1/s1. The number of amides is 1. The Hall–Kier alpha value is -2.44. The summed E-state index contributed by atoms with van der Waals surface area (Å²) in [5, 5.41) is 14.2. The highest BCUT2D eigenvalue weighted by atomic mass is 35.5. The molecular formula is C17H19ClN3O3+. The van der Waals surface area contributed by atoms with E-state index in [9.17, 15) is 14.9 Å². The molecule has 0 aliphatic carbocycles. The number of quaternary nitrogens is 1. The largest absolute Gasteiger partial charge is 0.346 e. The number of likely N-dealkylation sites (N-methyl/N-ethyl adjacent to an activating group) is 1. The minimum absolute atomic E-state index is 0.000647. The van der Waals surface area contributed by atoms with Crippen LogP contribution in [0.4, 0.5) is 5.69 Å². The van der Waals surface area contributed by atoms with Gasteiger partial charge >= 0.3 is 0 Å². The number of rotatable bonds is 6. The van der Waals surface area contributed by atoms with Crippen LogP contribution in [0.5, 0.6) is 0 Å². The fourth-order valence-corrected chi connectivity index (χ4v) is 2.68. The monoisotopic (exact) mass is 348 g/mol. The second-order valence-electron chi connectivity index (χ2n) is 5.67. The summed E-state index contributed by atoms with van der Waals surface area (Å²) in [6.07, 6.45) is 0. The van der Waals surface area contributed by atoms with E-state index in [4.69, 9.17) is 11.6 Å². The molecule has 1 atom stereocenters. The summed E-state index contributed by atoms with van der Waals surface area (Å²) in [4.78, 5) is 23.5. The number of nitro benzene ring substituents is 1.